The minimum absolute atomic E-state index is 0.0874. The van der Waals surface area contributed by atoms with Crippen molar-refractivity contribution in [1.29, 1.82) is 0 Å². The number of aromatic nitrogens is 3. The summed E-state index contributed by atoms with van der Waals surface area (Å²) >= 11 is 0. The number of anilines is 1. The minimum atomic E-state index is 0.0874. The Labute approximate surface area is 191 Å². The van der Waals surface area contributed by atoms with Crippen molar-refractivity contribution in [2.75, 3.05) is 25.1 Å². The molecule has 7 heteroatoms. The highest BCUT2D eigenvalue weighted by Gasteiger charge is 2.30. The monoisotopic (exact) mass is 437 g/mol. The molecule has 3 heterocycles. The summed E-state index contributed by atoms with van der Waals surface area (Å²) in [6.07, 6.45) is 11.6. The molecule has 0 unspecified atom stereocenters. The Kier molecular flexibility index (Phi) is 7.35. The fourth-order valence-corrected chi connectivity index (χ4v) is 4.87. The van der Waals surface area contributed by atoms with Crippen molar-refractivity contribution in [3.05, 3.63) is 36.4 Å². The van der Waals surface area contributed by atoms with Gasteiger partial charge in [-0.15, -0.1) is 0 Å². The van der Waals surface area contributed by atoms with Crippen LogP contribution in [-0.2, 0) is 9.53 Å². The molecule has 1 aliphatic carbocycles. The second-order valence-electron chi connectivity index (χ2n) is 9.35. The Morgan fingerprint density at radius 1 is 1.16 bits per heavy atom. The fraction of sp³-hybridized carbons (Fsp3) is 0.600. The van der Waals surface area contributed by atoms with Crippen molar-refractivity contribution < 1.29 is 9.53 Å². The van der Waals surface area contributed by atoms with Gasteiger partial charge < -0.3 is 15.0 Å². The molecule has 1 saturated heterocycles. The number of nitrogens with one attached hydrogen (secondary N) is 1. The molecule has 0 bridgehead atoms. The van der Waals surface area contributed by atoms with Gasteiger partial charge in [0.2, 0.25) is 11.9 Å². The van der Waals surface area contributed by atoms with Gasteiger partial charge in [0.1, 0.15) is 0 Å². The van der Waals surface area contributed by atoms with Gasteiger partial charge in [0, 0.05) is 56.3 Å². The van der Waals surface area contributed by atoms with E-state index in [2.05, 4.69) is 29.0 Å². The predicted octanol–water partition coefficient (Wildman–Crippen LogP) is 3.95. The quantitative estimate of drug-likeness (QED) is 0.737. The van der Waals surface area contributed by atoms with Gasteiger partial charge in [-0.3, -0.25) is 9.78 Å². The molecule has 1 amide bonds. The molecule has 2 aliphatic rings. The Bertz CT molecular complexity index is 896. The summed E-state index contributed by atoms with van der Waals surface area (Å²) in [6, 6.07) is 4.22. The smallest absolute Gasteiger partial charge is 0.225 e. The van der Waals surface area contributed by atoms with Crippen molar-refractivity contribution in [2.45, 2.75) is 70.4 Å². The first-order valence-electron chi connectivity index (χ1n) is 11.9. The number of carbonyl (C=O) groups is 1. The summed E-state index contributed by atoms with van der Waals surface area (Å²) in [5, 5.41) is 3.30. The normalized spacial score (nSPS) is 22.2. The van der Waals surface area contributed by atoms with E-state index in [1.807, 2.05) is 18.3 Å². The van der Waals surface area contributed by atoms with Crippen molar-refractivity contribution in [1.82, 2.24) is 20.3 Å². The number of rotatable bonds is 6. The van der Waals surface area contributed by atoms with Crippen LogP contribution in [0.25, 0.3) is 11.1 Å². The molecule has 172 valence electrons. The van der Waals surface area contributed by atoms with E-state index in [0.717, 1.165) is 74.4 Å². The summed E-state index contributed by atoms with van der Waals surface area (Å²) in [5.74, 6) is 1.37. The molecule has 1 aliphatic heterocycles. The van der Waals surface area contributed by atoms with E-state index in [9.17, 15) is 4.79 Å². The molecule has 1 saturated carbocycles. The molecule has 4 rings (SSSR count). The van der Waals surface area contributed by atoms with E-state index in [4.69, 9.17) is 14.7 Å². The zero-order valence-electron chi connectivity index (χ0n) is 19.5. The van der Waals surface area contributed by atoms with Gasteiger partial charge in [0.05, 0.1) is 11.8 Å². The first-order valence-corrected chi connectivity index (χ1v) is 11.9. The Balaban J connectivity index is 1.37. The van der Waals surface area contributed by atoms with Crippen LogP contribution in [0.4, 0.5) is 5.95 Å². The number of pyridine rings is 1. The second kappa shape index (κ2) is 10.4. The molecule has 2 atom stereocenters. The average Bonchev–Trinajstić information content (AvgIpc) is 2.84. The van der Waals surface area contributed by atoms with Gasteiger partial charge in [-0.1, -0.05) is 20.3 Å². The van der Waals surface area contributed by atoms with Crippen molar-refractivity contribution >= 4 is 11.9 Å². The summed E-state index contributed by atoms with van der Waals surface area (Å²) in [7, 11) is 1.75. The lowest BCUT2D eigenvalue weighted by molar-refractivity contribution is -0.128. The SMILES string of the molecule is CO[C@H]1CCC[C@@H](C(=O)NC2CCN(c3ncc(-c4ccncc4)c(C(C)C)n3)CC2)C1. The van der Waals surface area contributed by atoms with Crippen molar-refractivity contribution in [3.63, 3.8) is 0 Å². The van der Waals surface area contributed by atoms with E-state index in [-0.39, 0.29) is 24.0 Å². The number of hydrogen-bond acceptors (Lipinski definition) is 6. The number of carbonyl (C=O) groups excluding carboxylic acids is 1. The molecule has 7 nitrogen and oxygen atoms in total. The van der Waals surface area contributed by atoms with Gasteiger partial charge >= 0.3 is 0 Å². The molecule has 0 radical (unpaired) electrons. The lowest BCUT2D eigenvalue weighted by atomic mass is 9.86. The Morgan fingerprint density at radius 2 is 1.91 bits per heavy atom. The lowest BCUT2D eigenvalue weighted by Crippen LogP contribution is -2.47. The summed E-state index contributed by atoms with van der Waals surface area (Å²) in [5.41, 5.74) is 3.21. The molecular weight excluding hydrogens is 402 g/mol. The zero-order chi connectivity index (χ0) is 22.5. The van der Waals surface area contributed by atoms with Crippen molar-refractivity contribution in [3.8, 4) is 11.1 Å². The van der Waals surface area contributed by atoms with Crippen LogP contribution in [0.1, 0.15) is 64.0 Å². The molecule has 2 fully saturated rings. The maximum atomic E-state index is 12.8. The van der Waals surface area contributed by atoms with Crippen LogP contribution in [0.2, 0.25) is 0 Å². The summed E-state index contributed by atoms with van der Waals surface area (Å²) < 4.78 is 5.48. The molecular formula is C25H35N5O2. The van der Waals surface area contributed by atoms with Gasteiger partial charge in [-0.25, -0.2) is 9.97 Å². The third-order valence-electron chi connectivity index (χ3n) is 6.80. The van der Waals surface area contributed by atoms with E-state index < -0.39 is 0 Å². The van der Waals surface area contributed by atoms with Crippen LogP contribution in [0.5, 0.6) is 0 Å². The minimum Gasteiger partial charge on any atom is -0.381 e. The van der Waals surface area contributed by atoms with Crippen molar-refractivity contribution in [2.24, 2.45) is 5.92 Å². The van der Waals surface area contributed by atoms with Crippen LogP contribution in [-0.4, -0.2) is 53.2 Å². The fourth-order valence-electron chi connectivity index (χ4n) is 4.87. The number of hydrogen-bond donors (Lipinski definition) is 1. The summed E-state index contributed by atoms with van der Waals surface area (Å²) in [6.45, 7) is 6.03. The van der Waals surface area contributed by atoms with Gasteiger partial charge in [0.15, 0.2) is 0 Å². The molecule has 32 heavy (non-hydrogen) atoms. The van der Waals surface area contributed by atoms with Gasteiger partial charge in [-0.2, -0.15) is 0 Å². The Morgan fingerprint density at radius 3 is 2.59 bits per heavy atom. The van der Waals surface area contributed by atoms with Crippen LogP contribution >= 0.6 is 0 Å². The van der Waals surface area contributed by atoms with E-state index in [1.165, 1.54) is 0 Å². The molecule has 0 aromatic carbocycles. The molecule has 2 aromatic heterocycles. The Hall–Kier alpha value is -2.54. The number of methoxy groups -OCH3 is 1. The molecule has 0 spiro atoms. The third kappa shape index (κ3) is 5.26. The lowest BCUT2D eigenvalue weighted by Gasteiger charge is -2.34. The largest absolute Gasteiger partial charge is 0.381 e. The topological polar surface area (TPSA) is 80.2 Å². The second-order valence-corrected chi connectivity index (χ2v) is 9.35. The third-order valence-corrected chi connectivity index (χ3v) is 6.80. The predicted molar refractivity (Wildman–Crippen MR) is 125 cm³/mol. The van der Waals surface area contributed by atoms with Gasteiger partial charge in [0.25, 0.3) is 0 Å². The van der Waals surface area contributed by atoms with Crippen LogP contribution < -0.4 is 10.2 Å². The van der Waals surface area contributed by atoms with Crippen LogP contribution in [0, 0.1) is 5.92 Å². The zero-order valence-corrected chi connectivity index (χ0v) is 19.5. The molecule has 1 N–H and O–H groups in total. The van der Waals surface area contributed by atoms with Gasteiger partial charge in [-0.05, 0) is 55.7 Å². The highest BCUT2D eigenvalue weighted by Crippen LogP contribution is 2.30. The van der Waals surface area contributed by atoms with E-state index in [1.54, 1.807) is 19.5 Å². The average molecular weight is 438 g/mol. The maximum Gasteiger partial charge on any atom is 0.225 e. The highest BCUT2D eigenvalue weighted by molar-refractivity contribution is 5.79. The summed E-state index contributed by atoms with van der Waals surface area (Å²) in [4.78, 5) is 28.8. The van der Waals surface area contributed by atoms with E-state index in [0.29, 0.717) is 5.92 Å². The van der Waals surface area contributed by atoms with Crippen LogP contribution in [0.15, 0.2) is 30.7 Å². The number of nitrogens with zero attached hydrogens (tertiary/aromatic N) is 4. The van der Waals surface area contributed by atoms with Crippen LogP contribution in [0.3, 0.4) is 0 Å². The maximum absolute atomic E-state index is 12.8. The van der Waals surface area contributed by atoms with E-state index >= 15 is 0 Å². The number of piperidine rings is 1. The highest BCUT2D eigenvalue weighted by atomic mass is 16.5. The first kappa shape index (κ1) is 22.6. The number of ether oxygens (including phenoxy) is 1. The first-order chi connectivity index (χ1) is 15.5. The molecule has 2 aromatic rings. The number of amides is 1. The standard InChI is InChI=1S/C25H35N5O2/c1-17(2)23-22(18-7-11-26-12-8-18)16-27-25(29-23)30-13-9-20(10-14-30)28-24(31)19-5-4-6-21(15-19)32-3/h7-8,11-12,16-17,19-21H,4-6,9-10,13-15H2,1-3H3,(H,28,31)/t19-,21+/m1/s1.